The van der Waals surface area contributed by atoms with Crippen molar-refractivity contribution < 1.29 is 4.21 Å². The molecular formula is C12H14N4O3S. The fourth-order valence-corrected chi connectivity index (χ4v) is 3.08. The molecule has 0 spiro atoms. The average Bonchev–Trinajstić information content (AvgIpc) is 3.13. The van der Waals surface area contributed by atoms with Gasteiger partial charge in [-0.1, -0.05) is 0 Å². The first-order valence-corrected chi connectivity index (χ1v) is 7.28. The van der Waals surface area contributed by atoms with Crippen molar-refractivity contribution in [2.24, 2.45) is 0 Å². The molecular weight excluding hydrogens is 280 g/mol. The summed E-state index contributed by atoms with van der Waals surface area (Å²) in [6, 6.07) is 4.67. The first-order valence-electron chi connectivity index (χ1n) is 6.13. The number of aromatic nitrogens is 2. The predicted molar refractivity (Wildman–Crippen MR) is 76.2 cm³/mol. The van der Waals surface area contributed by atoms with Crippen LogP contribution in [0.3, 0.4) is 0 Å². The van der Waals surface area contributed by atoms with E-state index in [-0.39, 0.29) is 10.9 Å². The SMILES string of the molecule is CC1(NS(=O)c2ccc3[nH]c(=O)n(N)c(=O)c3c2)CC1. The van der Waals surface area contributed by atoms with Crippen LogP contribution in [0.15, 0.2) is 32.7 Å². The molecule has 20 heavy (non-hydrogen) atoms. The van der Waals surface area contributed by atoms with Crippen LogP contribution in [0.4, 0.5) is 0 Å². The van der Waals surface area contributed by atoms with Gasteiger partial charge in [0.15, 0.2) is 0 Å². The van der Waals surface area contributed by atoms with Crippen LogP contribution < -0.4 is 21.8 Å². The monoisotopic (exact) mass is 294 g/mol. The second-order valence-electron chi connectivity index (χ2n) is 5.24. The Morgan fingerprint density at radius 2 is 2.10 bits per heavy atom. The zero-order valence-electron chi connectivity index (χ0n) is 10.8. The van der Waals surface area contributed by atoms with E-state index >= 15 is 0 Å². The minimum Gasteiger partial charge on any atom is -0.332 e. The molecule has 1 heterocycles. The van der Waals surface area contributed by atoms with E-state index in [9.17, 15) is 13.8 Å². The molecule has 0 bridgehead atoms. The van der Waals surface area contributed by atoms with Crippen LogP contribution in [0.25, 0.3) is 10.9 Å². The highest BCUT2D eigenvalue weighted by molar-refractivity contribution is 7.83. The van der Waals surface area contributed by atoms with Gasteiger partial charge in [0.2, 0.25) is 0 Å². The summed E-state index contributed by atoms with van der Waals surface area (Å²) in [4.78, 5) is 26.3. The van der Waals surface area contributed by atoms with Gasteiger partial charge in [0.05, 0.1) is 15.8 Å². The van der Waals surface area contributed by atoms with Gasteiger partial charge in [0.25, 0.3) is 5.56 Å². The van der Waals surface area contributed by atoms with Crippen LogP contribution in [0.5, 0.6) is 0 Å². The number of nitrogens with one attached hydrogen (secondary N) is 2. The first kappa shape index (κ1) is 13.1. The third kappa shape index (κ3) is 2.16. The van der Waals surface area contributed by atoms with Gasteiger partial charge in [-0.25, -0.2) is 13.7 Å². The maximum Gasteiger partial charge on any atom is 0.347 e. The van der Waals surface area contributed by atoms with Crippen molar-refractivity contribution >= 4 is 21.9 Å². The lowest BCUT2D eigenvalue weighted by molar-refractivity contribution is 0.635. The quantitative estimate of drug-likeness (QED) is 0.667. The molecule has 1 saturated carbocycles. The molecule has 106 valence electrons. The Balaban J connectivity index is 2.08. The average molecular weight is 294 g/mol. The molecule has 0 amide bonds. The third-order valence-electron chi connectivity index (χ3n) is 3.45. The van der Waals surface area contributed by atoms with E-state index in [0.717, 1.165) is 12.8 Å². The largest absolute Gasteiger partial charge is 0.347 e. The topological polar surface area (TPSA) is 110 Å². The van der Waals surface area contributed by atoms with Crippen LogP contribution in [0.2, 0.25) is 0 Å². The Morgan fingerprint density at radius 1 is 1.40 bits per heavy atom. The fraction of sp³-hybridized carbons (Fsp3) is 0.333. The Hall–Kier alpha value is -1.93. The molecule has 1 aliphatic rings. The third-order valence-corrected chi connectivity index (χ3v) is 4.81. The lowest BCUT2D eigenvalue weighted by Crippen LogP contribution is -2.40. The normalized spacial score (nSPS) is 18.1. The van der Waals surface area contributed by atoms with Crippen molar-refractivity contribution in [2.75, 3.05) is 5.84 Å². The number of hydrogen-bond donors (Lipinski definition) is 3. The Morgan fingerprint density at radius 3 is 2.75 bits per heavy atom. The Kier molecular flexibility index (Phi) is 2.80. The summed E-state index contributed by atoms with van der Waals surface area (Å²) >= 11 is 0. The number of nitrogens with two attached hydrogens (primary N) is 1. The van der Waals surface area contributed by atoms with Gasteiger partial charge in [-0.3, -0.25) is 4.79 Å². The van der Waals surface area contributed by atoms with Gasteiger partial charge < -0.3 is 10.8 Å². The molecule has 2 aromatic rings. The molecule has 1 unspecified atom stereocenters. The number of H-pyrrole nitrogens is 1. The summed E-state index contributed by atoms with van der Waals surface area (Å²) in [6.45, 7) is 2.00. The number of rotatable bonds is 3. The molecule has 7 nitrogen and oxygen atoms in total. The number of nitrogen functional groups attached to an aromatic ring is 1. The zero-order valence-corrected chi connectivity index (χ0v) is 11.6. The summed E-state index contributed by atoms with van der Waals surface area (Å²) in [5, 5.41) is 0.237. The molecule has 1 aliphatic carbocycles. The van der Waals surface area contributed by atoms with E-state index in [1.165, 1.54) is 6.07 Å². The number of fused-ring (bicyclic) bond motifs is 1. The van der Waals surface area contributed by atoms with E-state index in [1.807, 2.05) is 6.92 Å². The summed E-state index contributed by atoms with van der Waals surface area (Å²) in [6.07, 6.45) is 1.96. The smallest absolute Gasteiger partial charge is 0.332 e. The standard InChI is InChI=1S/C12H14N4O3S/c1-12(4-5-12)15-20(19)7-2-3-9-8(6-7)10(17)16(13)11(18)14-9/h2-3,6,15H,4-5,13H2,1H3,(H,14,18). The van der Waals surface area contributed by atoms with Gasteiger partial charge in [-0.15, -0.1) is 0 Å². The minimum absolute atomic E-state index is 0.0844. The van der Waals surface area contributed by atoms with E-state index < -0.39 is 22.2 Å². The van der Waals surface area contributed by atoms with Crippen LogP contribution in [0, 0.1) is 0 Å². The van der Waals surface area contributed by atoms with Gasteiger partial charge in [-0.05, 0) is 38.0 Å². The summed E-state index contributed by atoms with van der Waals surface area (Å²) < 4.78 is 15.7. The second kappa shape index (κ2) is 4.29. The van der Waals surface area contributed by atoms with Crippen molar-refractivity contribution in [3.05, 3.63) is 39.0 Å². The molecule has 4 N–H and O–H groups in total. The molecule has 1 aromatic heterocycles. The fourth-order valence-electron chi connectivity index (χ4n) is 1.89. The number of benzene rings is 1. The van der Waals surface area contributed by atoms with Crippen molar-refractivity contribution in [3.63, 3.8) is 0 Å². The number of hydrogen-bond acceptors (Lipinski definition) is 4. The second-order valence-corrected chi connectivity index (χ2v) is 6.46. The molecule has 1 aromatic carbocycles. The van der Waals surface area contributed by atoms with Crippen LogP contribution >= 0.6 is 0 Å². The van der Waals surface area contributed by atoms with E-state index in [2.05, 4.69) is 9.71 Å². The Bertz CT molecular complexity index is 835. The van der Waals surface area contributed by atoms with E-state index in [1.54, 1.807) is 12.1 Å². The molecule has 1 fully saturated rings. The minimum atomic E-state index is -1.40. The molecule has 3 rings (SSSR count). The lowest BCUT2D eigenvalue weighted by Gasteiger charge is -2.11. The van der Waals surface area contributed by atoms with Crippen LogP contribution in [0.1, 0.15) is 19.8 Å². The maximum atomic E-state index is 12.2. The van der Waals surface area contributed by atoms with Crippen molar-refractivity contribution in [3.8, 4) is 0 Å². The van der Waals surface area contributed by atoms with Gasteiger partial charge in [0.1, 0.15) is 11.0 Å². The zero-order chi connectivity index (χ0) is 14.5. The summed E-state index contributed by atoms with van der Waals surface area (Å²) in [7, 11) is -1.40. The highest BCUT2D eigenvalue weighted by Gasteiger charge is 2.38. The van der Waals surface area contributed by atoms with E-state index in [4.69, 9.17) is 5.84 Å². The molecule has 0 saturated heterocycles. The van der Waals surface area contributed by atoms with Crippen LogP contribution in [-0.2, 0) is 11.0 Å². The summed E-state index contributed by atoms with van der Waals surface area (Å²) in [5.41, 5.74) is -1.00. The molecule has 0 aliphatic heterocycles. The maximum absolute atomic E-state index is 12.2. The van der Waals surface area contributed by atoms with Gasteiger partial charge in [0, 0.05) is 5.54 Å². The highest BCUT2D eigenvalue weighted by atomic mass is 32.2. The van der Waals surface area contributed by atoms with Gasteiger partial charge >= 0.3 is 5.69 Å². The molecule has 8 heteroatoms. The number of nitrogens with zero attached hydrogens (tertiary/aromatic N) is 1. The van der Waals surface area contributed by atoms with Gasteiger partial charge in [-0.2, -0.15) is 4.68 Å². The van der Waals surface area contributed by atoms with Crippen molar-refractivity contribution in [1.29, 1.82) is 0 Å². The van der Waals surface area contributed by atoms with Crippen molar-refractivity contribution in [2.45, 2.75) is 30.2 Å². The molecule has 0 radical (unpaired) electrons. The molecule has 1 atom stereocenters. The summed E-state index contributed by atoms with van der Waals surface area (Å²) in [5.74, 6) is 5.35. The first-order chi connectivity index (χ1) is 9.39. The lowest BCUT2D eigenvalue weighted by atomic mass is 10.2. The van der Waals surface area contributed by atoms with Crippen LogP contribution in [-0.4, -0.2) is 19.4 Å². The highest BCUT2D eigenvalue weighted by Crippen LogP contribution is 2.35. The van der Waals surface area contributed by atoms with Crippen molar-refractivity contribution in [1.82, 2.24) is 14.4 Å². The van der Waals surface area contributed by atoms with E-state index in [0.29, 0.717) is 15.1 Å². The Labute approximate surface area is 116 Å². The number of aromatic amines is 1. The predicted octanol–water partition coefficient (Wildman–Crippen LogP) is -0.432.